The van der Waals surface area contributed by atoms with E-state index in [4.69, 9.17) is 9.84 Å². The molecule has 0 aromatic rings. The lowest BCUT2D eigenvalue weighted by Crippen LogP contribution is -2.54. The van der Waals surface area contributed by atoms with E-state index < -0.39 is 48.7 Å². The van der Waals surface area contributed by atoms with Gasteiger partial charge in [0.2, 0.25) is 17.8 Å². The second kappa shape index (κ2) is 4.76. The summed E-state index contributed by atoms with van der Waals surface area (Å²) in [6, 6.07) is -0.772. The molecule has 17 heavy (non-hydrogen) atoms. The summed E-state index contributed by atoms with van der Waals surface area (Å²) in [5.41, 5.74) is 0. The molecule has 0 aromatic carbocycles. The molecule has 1 saturated heterocycles. The molecule has 2 heterocycles. The number of aliphatic imine (C=N–C) groups is 1. The van der Waals surface area contributed by atoms with Gasteiger partial charge in [-0.05, 0) is 0 Å². The lowest BCUT2D eigenvalue weighted by atomic mass is 10.1. The van der Waals surface area contributed by atoms with Crippen LogP contribution in [0.15, 0.2) is 4.99 Å². The Bertz CT molecular complexity index is 342. The highest BCUT2D eigenvalue weighted by molar-refractivity contribution is 7.88. The molecule has 9 nitrogen and oxygen atoms in total. The molecule has 5 atom stereocenters. The van der Waals surface area contributed by atoms with Crippen LogP contribution >= 0.6 is 0 Å². The number of urea groups is 1. The number of aliphatic hydroxyl groups excluding tert-OH is 3. The largest absolute Gasteiger partial charge is 0.568 e. The quantitative estimate of drug-likeness (QED) is 0.392. The van der Waals surface area contributed by atoms with Gasteiger partial charge in [-0.3, -0.25) is 0 Å². The Labute approximate surface area is 99.1 Å². The average Bonchev–Trinajstić information content (AvgIpc) is 2.57. The Balaban J connectivity index is 2.13. The molecular weight excluding hydrogens is 254 g/mol. The minimum absolute atomic E-state index is 0.487. The zero-order valence-corrected chi connectivity index (χ0v) is 9.28. The first-order valence-corrected chi connectivity index (χ1v) is 5.82. The Hall–Kier alpha value is -0.910. The molecule has 0 saturated carbocycles. The van der Waals surface area contributed by atoms with Crippen molar-refractivity contribution in [1.82, 2.24) is 9.03 Å². The van der Waals surface area contributed by atoms with E-state index in [0.717, 1.165) is 10.6 Å². The summed E-state index contributed by atoms with van der Waals surface area (Å²) < 4.78 is 19.6. The maximum Gasteiger partial charge on any atom is 0.385 e. The minimum atomic E-state index is -1.94. The molecular formula is C7H11N3O6S. The van der Waals surface area contributed by atoms with Crippen molar-refractivity contribution < 1.29 is 29.4 Å². The summed E-state index contributed by atoms with van der Waals surface area (Å²) in [4.78, 5) is 14.1. The summed E-state index contributed by atoms with van der Waals surface area (Å²) in [5, 5.41) is 28.0. The third-order valence-corrected chi connectivity index (χ3v) is 3.46. The van der Waals surface area contributed by atoms with E-state index in [1.807, 2.05) is 4.72 Å². The van der Waals surface area contributed by atoms with Crippen LogP contribution in [0.3, 0.4) is 0 Å². The van der Waals surface area contributed by atoms with Crippen molar-refractivity contribution in [3.8, 4) is 0 Å². The molecule has 4 N–H and O–H groups in total. The zero-order valence-electron chi connectivity index (χ0n) is 8.46. The van der Waals surface area contributed by atoms with Gasteiger partial charge in [-0.25, -0.2) is 4.79 Å². The number of nitrogens with zero attached hydrogens (tertiary/aromatic N) is 2. The normalized spacial score (nSPS) is 41.8. The van der Waals surface area contributed by atoms with Gasteiger partial charge in [0.25, 0.3) is 0 Å². The van der Waals surface area contributed by atoms with Crippen molar-refractivity contribution in [2.75, 3.05) is 6.61 Å². The van der Waals surface area contributed by atoms with Crippen molar-refractivity contribution in [2.45, 2.75) is 24.5 Å². The van der Waals surface area contributed by atoms with Crippen LogP contribution in [-0.4, -0.2) is 67.7 Å². The zero-order chi connectivity index (χ0) is 12.6. The lowest BCUT2D eigenvalue weighted by Gasteiger charge is -2.28. The molecule has 0 aromatic heterocycles. The first-order chi connectivity index (χ1) is 8.04. The van der Waals surface area contributed by atoms with Gasteiger partial charge in [0.15, 0.2) is 0 Å². The smallest absolute Gasteiger partial charge is 0.385 e. The van der Waals surface area contributed by atoms with Crippen LogP contribution in [0, 0.1) is 0 Å². The third kappa shape index (κ3) is 2.22. The molecule has 10 heteroatoms. The molecule has 0 aliphatic carbocycles. The van der Waals surface area contributed by atoms with E-state index in [0.29, 0.717) is 0 Å². The first kappa shape index (κ1) is 12.5. The molecule has 1 fully saturated rings. The second-order valence-corrected chi connectivity index (χ2v) is 4.61. The van der Waals surface area contributed by atoms with E-state index in [1.54, 1.807) is 0 Å². The summed E-state index contributed by atoms with van der Waals surface area (Å²) in [6.07, 6.45) is -3.83. The highest BCUT2D eigenvalue weighted by Crippen LogP contribution is 2.25. The van der Waals surface area contributed by atoms with Gasteiger partial charge in [0.1, 0.15) is 24.7 Å². The number of rotatable bonds is 2. The number of hydrogen-bond acceptors (Lipinski definition) is 7. The number of amides is 2. The number of carbonyl (C=O) groups is 1. The maximum atomic E-state index is 11.5. The monoisotopic (exact) mass is 265 g/mol. The van der Waals surface area contributed by atoms with Crippen molar-refractivity contribution in [3.05, 3.63) is 0 Å². The molecule has 2 aliphatic heterocycles. The van der Waals surface area contributed by atoms with Crippen LogP contribution in [0.1, 0.15) is 0 Å². The van der Waals surface area contributed by atoms with E-state index >= 15 is 0 Å². The standard InChI is InChI=1S/C7H11N3O6S/c11-1-3-4(12)5(13)6(16-3)10-2-8-7(14)9-17(10)15/h2-6,11-13H,1H2,(H,9,14)/t3-,4-,5-,6-,17?/m1/s1. The Kier molecular flexibility index (Phi) is 3.51. The summed E-state index contributed by atoms with van der Waals surface area (Å²) in [7, 11) is 0. The first-order valence-electron chi connectivity index (χ1n) is 4.72. The highest BCUT2D eigenvalue weighted by atomic mass is 32.2. The maximum absolute atomic E-state index is 11.5. The highest BCUT2D eigenvalue weighted by Gasteiger charge is 2.49. The lowest BCUT2D eigenvalue weighted by molar-refractivity contribution is -0.0481. The molecule has 2 rings (SSSR count). The van der Waals surface area contributed by atoms with Gasteiger partial charge >= 0.3 is 6.03 Å². The van der Waals surface area contributed by atoms with E-state index in [9.17, 15) is 19.6 Å². The van der Waals surface area contributed by atoms with Crippen molar-refractivity contribution in [3.63, 3.8) is 0 Å². The SMILES string of the molecule is O=C1N=CN([C@@H]2O[C@H](CO)[C@@H](O)[C@H]2O)[S+]([O-])N1. The fourth-order valence-corrected chi connectivity index (χ4v) is 2.36. The van der Waals surface area contributed by atoms with Crippen LogP contribution in [0.25, 0.3) is 0 Å². The second-order valence-electron chi connectivity index (χ2n) is 3.49. The van der Waals surface area contributed by atoms with Crippen LogP contribution < -0.4 is 4.72 Å². The van der Waals surface area contributed by atoms with Gasteiger partial charge in [-0.2, -0.15) is 4.99 Å². The number of hydrogen-bond donors (Lipinski definition) is 4. The molecule has 0 radical (unpaired) electrons. The minimum Gasteiger partial charge on any atom is -0.568 e. The van der Waals surface area contributed by atoms with E-state index in [2.05, 4.69) is 4.99 Å². The summed E-state index contributed by atoms with van der Waals surface area (Å²) in [6.45, 7) is -0.487. The van der Waals surface area contributed by atoms with Crippen LogP contribution in [0.5, 0.6) is 0 Å². The fraction of sp³-hybridized carbons (Fsp3) is 0.714. The predicted molar refractivity (Wildman–Crippen MR) is 54.8 cm³/mol. The summed E-state index contributed by atoms with van der Waals surface area (Å²) >= 11 is -1.94. The van der Waals surface area contributed by atoms with Crippen LogP contribution in [0.2, 0.25) is 0 Å². The molecule has 0 spiro atoms. The molecule has 96 valence electrons. The average molecular weight is 265 g/mol. The number of carbonyl (C=O) groups excluding carboxylic acids is 1. The summed E-state index contributed by atoms with van der Waals surface area (Å²) in [5.74, 6) is 0. The van der Waals surface area contributed by atoms with Gasteiger partial charge in [-0.1, -0.05) is 0 Å². The molecule has 2 aliphatic rings. The van der Waals surface area contributed by atoms with Crippen molar-refractivity contribution >= 4 is 23.9 Å². The topological polar surface area (TPSA) is 138 Å². The number of aliphatic hydroxyl groups is 3. The van der Waals surface area contributed by atoms with E-state index in [-0.39, 0.29) is 0 Å². The fourth-order valence-electron chi connectivity index (χ4n) is 1.56. The van der Waals surface area contributed by atoms with Crippen LogP contribution in [0.4, 0.5) is 4.79 Å². The van der Waals surface area contributed by atoms with E-state index in [1.165, 1.54) is 0 Å². The van der Waals surface area contributed by atoms with Gasteiger partial charge < -0.3 is 24.6 Å². The predicted octanol–water partition coefficient (Wildman–Crippen LogP) is -2.94. The number of ether oxygens (including phenoxy) is 1. The molecule has 0 bridgehead atoms. The molecule has 2 amide bonds. The Morgan fingerprint density at radius 3 is 2.82 bits per heavy atom. The Morgan fingerprint density at radius 1 is 1.59 bits per heavy atom. The number of nitrogens with one attached hydrogen (secondary N) is 1. The molecule has 1 unspecified atom stereocenters. The van der Waals surface area contributed by atoms with Crippen molar-refractivity contribution in [1.29, 1.82) is 0 Å². The van der Waals surface area contributed by atoms with Gasteiger partial charge in [0, 0.05) is 0 Å². The van der Waals surface area contributed by atoms with Gasteiger partial charge in [-0.15, -0.1) is 9.03 Å². The van der Waals surface area contributed by atoms with Crippen molar-refractivity contribution in [2.24, 2.45) is 4.99 Å². The van der Waals surface area contributed by atoms with Gasteiger partial charge in [0.05, 0.1) is 6.61 Å². The third-order valence-electron chi connectivity index (χ3n) is 2.42. The Morgan fingerprint density at radius 2 is 2.29 bits per heavy atom. The van der Waals surface area contributed by atoms with Crippen LogP contribution in [-0.2, 0) is 16.3 Å².